The zero-order valence-electron chi connectivity index (χ0n) is 24.8. The Morgan fingerprint density at radius 3 is 1.18 bits per heavy atom. The molecule has 0 aliphatic carbocycles. The van der Waals surface area contributed by atoms with Crippen molar-refractivity contribution in [3.8, 4) is 11.5 Å². The molecule has 0 saturated heterocycles. The summed E-state index contributed by atoms with van der Waals surface area (Å²) in [6.07, 6.45) is 0.718. The molecule has 0 aliphatic rings. The first kappa shape index (κ1) is 28.5. The molecule has 4 aromatic rings. The van der Waals surface area contributed by atoms with E-state index in [2.05, 4.69) is 128 Å². The Morgan fingerprint density at radius 2 is 0.872 bits per heavy atom. The summed E-state index contributed by atoms with van der Waals surface area (Å²) in [5.74, 6) is 0.904. The fourth-order valence-corrected chi connectivity index (χ4v) is 5.52. The second kappa shape index (κ2) is 10.9. The Morgan fingerprint density at radius 1 is 0.538 bits per heavy atom. The summed E-state index contributed by atoms with van der Waals surface area (Å²) in [4.78, 5) is 0. The van der Waals surface area contributed by atoms with Crippen molar-refractivity contribution >= 4 is 0 Å². The van der Waals surface area contributed by atoms with Crippen molar-refractivity contribution in [3.63, 3.8) is 0 Å². The van der Waals surface area contributed by atoms with Gasteiger partial charge in [0.15, 0.2) is 0 Å². The van der Waals surface area contributed by atoms with Gasteiger partial charge in [0, 0.05) is 23.0 Å². The van der Waals surface area contributed by atoms with Gasteiger partial charge in [0.1, 0.15) is 11.5 Å². The second-order valence-electron chi connectivity index (χ2n) is 13.1. The number of benzene rings is 4. The van der Waals surface area contributed by atoms with Crippen LogP contribution in [-0.2, 0) is 17.3 Å². The van der Waals surface area contributed by atoms with E-state index in [1.807, 2.05) is 12.1 Å². The summed E-state index contributed by atoms with van der Waals surface area (Å²) in [6.45, 7) is 17.3. The van der Waals surface area contributed by atoms with Crippen molar-refractivity contribution in [2.75, 3.05) is 0 Å². The highest BCUT2D eigenvalue weighted by atomic mass is 16.3. The van der Waals surface area contributed by atoms with Gasteiger partial charge in [-0.3, -0.25) is 0 Å². The summed E-state index contributed by atoms with van der Waals surface area (Å²) < 4.78 is 0. The van der Waals surface area contributed by atoms with Crippen LogP contribution in [-0.4, -0.2) is 10.2 Å². The van der Waals surface area contributed by atoms with Crippen LogP contribution in [0.4, 0.5) is 0 Å². The summed E-state index contributed by atoms with van der Waals surface area (Å²) in [7, 11) is 0. The van der Waals surface area contributed by atoms with E-state index in [1.54, 1.807) is 0 Å². The van der Waals surface area contributed by atoms with E-state index in [0.717, 1.165) is 28.7 Å². The summed E-state index contributed by atoms with van der Waals surface area (Å²) in [6, 6.07) is 29.4. The number of rotatable bonds is 6. The van der Waals surface area contributed by atoms with Crippen LogP contribution in [0.1, 0.15) is 112 Å². The molecule has 0 radical (unpaired) electrons. The average molecular weight is 521 g/mol. The molecule has 4 rings (SSSR count). The van der Waals surface area contributed by atoms with Crippen LogP contribution in [0, 0.1) is 0 Å². The Kier molecular flexibility index (Phi) is 7.98. The quantitative estimate of drug-likeness (QED) is 0.266. The van der Waals surface area contributed by atoms with Gasteiger partial charge in [-0.2, -0.15) is 0 Å². The van der Waals surface area contributed by atoms with Gasteiger partial charge in [0.05, 0.1) is 0 Å². The van der Waals surface area contributed by atoms with Crippen molar-refractivity contribution in [2.45, 2.75) is 84.5 Å². The maximum atomic E-state index is 11.4. The molecule has 2 N–H and O–H groups in total. The minimum absolute atomic E-state index is 0.0610. The largest absolute Gasteiger partial charge is 0.507 e. The highest BCUT2D eigenvalue weighted by molar-refractivity contribution is 5.54. The number of aromatic hydroxyl groups is 2. The van der Waals surface area contributed by atoms with Gasteiger partial charge in [-0.1, -0.05) is 140 Å². The van der Waals surface area contributed by atoms with Crippen molar-refractivity contribution in [2.24, 2.45) is 0 Å². The van der Waals surface area contributed by atoms with Gasteiger partial charge in [-0.15, -0.1) is 0 Å². The number of hydrogen-bond donors (Lipinski definition) is 2. The molecule has 4 aromatic carbocycles. The maximum absolute atomic E-state index is 11.4. The van der Waals surface area contributed by atoms with E-state index >= 15 is 0 Å². The predicted octanol–water partition coefficient (Wildman–Crippen LogP) is 9.59. The molecule has 0 heterocycles. The fraction of sp³-hybridized carbons (Fsp3) is 0.351. The average Bonchev–Trinajstić information content (AvgIpc) is 2.89. The van der Waals surface area contributed by atoms with Gasteiger partial charge in [-0.05, 0) is 50.6 Å². The third kappa shape index (κ3) is 6.22. The standard InChI is InChI=1S/C37H44O2/c1-24(28-15-11-9-12-16-28)30-20-26(22-32(34(30)38)36(3,4)5)19-27-21-31(25(2)29-17-13-10-14-18-29)35(39)33(23-27)37(6,7)8/h9-18,20-25,38-39H,19H2,1-8H3/t24-,25-/m1/s1. The molecule has 204 valence electrons. The number of phenols is 2. The lowest BCUT2D eigenvalue weighted by molar-refractivity contribution is 0.438. The second-order valence-corrected chi connectivity index (χ2v) is 13.1. The third-order valence-corrected chi connectivity index (χ3v) is 7.95. The molecular formula is C37H44O2. The lowest BCUT2D eigenvalue weighted by atomic mass is 9.79. The van der Waals surface area contributed by atoms with E-state index in [-0.39, 0.29) is 22.7 Å². The first-order chi connectivity index (χ1) is 18.3. The monoisotopic (exact) mass is 520 g/mol. The van der Waals surface area contributed by atoms with Gasteiger partial charge < -0.3 is 10.2 Å². The molecule has 0 aliphatic heterocycles. The lowest BCUT2D eigenvalue weighted by Gasteiger charge is -2.27. The molecule has 0 fully saturated rings. The molecule has 2 nitrogen and oxygen atoms in total. The van der Waals surface area contributed by atoms with Gasteiger partial charge >= 0.3 is 0 Å². The molecule has 39 heavy (non-hydrogen) atoms. The molecule has 2 heteroatoms. The van der Waals surface area contributed by atoms with Crippen molar-refractivity contribution in [3.05, 3.63) is 129 Å². The number of hydrogen-bond acceptors (Lipinski definition) is 2. The molecular weight excluding hydrogens is 476 g/mol. The SMILES string of the molecule is C[C@H](c1ccccc1)c1cc(Cc2cc([C@H](C)c3ccccc3)c(O)c(C(C)(C)C)c2)cc(C(C)(C)C)c1O. The van der Waals surface area contributed by atoms with Crippen LogP contribution in [0.25, 0.3) is 0 Å². The van der Waals surface area contributed by atoms with Crippen LogP contribution in [0.3, 0.4) is 0 Å². The summed E-state index contributed by atoms with van der Waals surface area (Å²) >= 11 is 0. The zero-order valence-corrected chi connectivity index (χ0v) is 24.8. The van der Waals surface area contributed by atoms with Crippen LogP contribution < -0.4 is 0 Å². The van der Waals surface area contributed by atoms with Crippen molar-refractivity contribution in [1.82, 2.24) is 0 Å². The van der Waals surface area contributed by atoms with Crippen molar-refractivity contribution in [1.29, 1.82) is 0 Å². The van der Waals surface area contributed by atoms with E-state index < -0.39 is 0 Å². The molecule has 0 bridgehead atoms. The highest BCUT2D eigenvalue weighted by Gasteiger charge is 2.26. The van der Waals surface area contributed by atoms with E-state index in [0.29, 0.717) is 11.5 Å². The van der Waals surface area contributed by atoms with Crippen LogP contribution in [0.2, 0.25) is 0 Å². The first-order valence-electron chi connectivity index (χ1n) is 14.1. The molecule has 0 unspecified atom stereocenters. The minimum Gasteiger partial charge on any atom is -0.507 e. The first-order valence-corrected chi connectivity index (χ1v) is 14.1. The minimum atomic E-state index is -0.205. The fourth-order valence-electron chi connectivity index (χ4n) is 5.52. The van der Waals surface area contributed by atoms with E-state index in [9.17, 15) is 10.2 Å². The Labute approximate surface area is 235 Å². The van der Waals surface area contributed by atoms with Crippen LogP contribution >= 0.6 is 0 Å². The van der Waals surface area contributed by atoms with Gasteiger partial charge in [0.25, 0.3) is 0 Å². The van der Waals surface area contributed by atoms with Crippen LogP contribution in [0.15, 0.2) is 84.9 Å². The molecule has 0 saturated carbocycles. The predicted molar refractivity (Wildman–Crippen MR) is 164 cm³/mol. The third-order valence-electron chi connectivity index (χ3n) is 7.95. The van der Waals surface area contributed by atoms with E-state index in [4.69, 9.17) is 0 Å². The molecule has 2 atom stereocenters. The normalized spacial score (nSPS) is 13.7. The lowest BCUT2D eigenvalue weighted by Crippen LogP contribution is -2.15. The topological polar surface area (TPSA) is 40.5 Å². The van der Waals surface area contributed by atoms with Gasteiger partial charge in [0.2, 0.25) is 0 Å². The van der Waals surface area contributed by atoms with Crippen molar-refractivity contribution < 1.29 is 10.2 Å². The highest BCUT2D eigenvalue weighted by Crippen LogP contribution is 2.42. The van der Waals surface area contributed by atoms with Gasteiger partial charge in [-0.25, -0.2) is 0 Å². The molecule has 0 spiro atoms. The molecule has 0 aromatic heterocycles. The summed E-state index contributed by atoms with van der Waals surface area (Å²) in [5, 5.41) is 22.9. The Hall–Kier alpha value is -3.52. The Balaban J connectivity index is 1.85. The smallest absolute Gasteiger partial charge is 0.123 e. The van der Waals surface area contributed by atoms with Crippen LogP contribution in [0.5, 0.6) is 11.5 Å². The Bertz CT molecular complexity index is 1310. The molecule has 0 amide bonds. The van der Waals surface area contributed by atoms with E-state index in [1.165, 1.54) is 22.3 Å². The zero-order chi connectivity index (χ0) is 28.5. The maximum Gasteiger partial charge on any atom is 0.123 e. The number of phenolic OH excluding ortho intramolecular Hbond substituents is 2. The summed E-state index contributed by atoms with van der Waals surface area (Å²) in [5.41, 5.74) is 8.13.